The Labute approximate surface area is 174 Å². The molecule has 4 rings (SSSR count). The van der Waals surface area contributed by atoms with Gasteiger partial charge in [0.05, 0.1) is 5.02 Å². The molecular formula is C20H26ClN3OS2. The van der Waals surface area contributed by atoms with E-state index in [0.29, 0.717) is 5.02 Å². The Morgan fingerprint density at radius 1 is 1.15 bits per heavy atom. The van der Waals surface area contributed by atoms with Crippen molar-refractivity contribution in [3.63, 3.8) is 0 Å². The van der Waals surface area contributed by atoms with Gasteiger partial charge in [-0.3, -0.25) is 0 Å². The molecule has 0 bridgehead atoms. The SMILES string of the molecule is Clc1cc(SNc2nccs2)ccc1OC1CCN(C2CCCCC2)CC1. The van der Waals surface area contributed by atoms with Crippen LogP contribution in [0.3, 0.4) is 0 Å². The molecule has 1 aliphatic heterocycles. The number of halogens is 1. The molecule has 146 valence electrons. The number of hydrogen-bond acceptors (Lipinski definition) is 6. The highest BCUT2D eigenvalue weighted by atomic mass is 35.5. The smallest absolute Gasteiger partial charge is 0.192 e. The first kappa shape index (κ1) is 19.4. The second-order valence-electron chi connectivity index (χ2n) is 7.28. The van der Waals surface area contributed by atoms with Gasteiger partial charge in [-0.25, -0.2) is 4.98 Å². The van der Waals surface area contributed by atoms with Crippen molar-refractivity contribution in [1.82, 2.24) is 9.88 Å². The molecule has 7 heteroatoms. The van der Waals surface area contributed by atoms with E-state index >= 15 is 0 Å². The van der Waals surface area contributed by atoms with Crippen molar-refractivity contribution in [2.45, 2.75) is 62.0 Å². The number of likely N-dealkylation sites (tertiary alicyclic amines) is 1. The van der Waals surface area contributed by atoms with Crippen LogP contribution in [0, 0.1) is 0 Å². The normalized spacial score (nSPS) is 19.9. The predicted octanol–water partition coefficient (Wildman–Crippen LogP) is 6.09. The number of anilines is 1. The first-order valence-corrected chi connectivity index (χ1v) is 11.9. The number of nitrogens with one attached hydrogen (secondary N) is 1. The molecular weight excluding hydrogens is 398 g/mol. The van der Waals surface area contributed by atoms with Crippen LogP contribution in [0.25, 0.3) is 0 Å². The molecule has 2 aliphatic rings. The average molecular weight is 424 g/mol. The van der Waals surface area contributed by atoms with Gasteiger partial charge in [0.25, 0.3) is 0 Å². The van der Waals surface area contributed by atoms with Crippen molar-refractivity contribution >= 4 is 40.0 Å². The summed E-state index contributed by atoms with van der Waals surface area (Å²) in [6.45, 7) is 2.30. The summed E-state index contributed by atoms with van der Waals surface area (Å²) in [7, 11) is 0. The summed E-state index contributed by atoms with van der Waals surface area (Å²) < 4.78 is 9.45. The quantitative estimate of drug-likeness (QED) is 0.569. The summed E-state index contributed by atoms with van der Waals surface area (Å²) in [6, 6.07) is 6.80. The maximum Gasteiger partial charge on any atom is 0.192 e. The van der Waals surface area contributed by atoms with Crippen molar-refractivity contribution in [2.75, 3.05) is 17.8 Å². The van der Waals surface area contributed by atoms with Gasteiger partial charge in [0.2, 0.25) is 0 Å². The van der Waals surface area contributed by atoms with E-state index in [4.69, 9.17) is 16.3 Å². The van der Waals surface area contributed by atoms with Crippen molar-refractivity contribution in [3.05, 3.63) is 34.8 Å². The van der Waals surface area contributed by atoms with E-state index in [1.807, 2.05) is 23.6 Å². The van der Waals surface area contributed by atoms with Crippen LogP contribution in [-0.4, -0.2) is 35.1 Å². The number of thiazole rings is 1. The molecule has 0 unspecified atom stereocenters. The van der Waals surface area contributed by atoms with E-state index in [-0.39, 0.29) is 6.10 Å². The fraction of sp³-hybridized carbons (Fsp3) is 0.550. The predicted molar refractivity (Wildman–Crippen MR) is 115 cm³/mol. The number of hydrogen-bond donors (Lipinski definition) is 1. The molecule has 1 saturated heterocycles. The van der Waals surface area contributed by atoms with Gasteiger partial charge in [0.15, 0.2) is 5.13 Å². The molecule has 2 heterocycles. The van der Waals surface area contributed by atoms with Crippen LogP contribution in [0.15, 0.2) is 34.7 Å². The Bertz CT molecular complexity index is 714. The summed E-state index contributed by atoms with van der Waals surface area (Å²) in [5, 5.41) is 3.52. The molecule has 0 spiro atoms. The Kier molecular flexibility index (Phi) is 6.82. The fourth-order valence-electron chi connectivity index (χ4n) is 4.00. The molecule has 1 N–H and O–H groups in total. The molecule has 1 aromatic heterocycles. The number of nitrogens with zero attached hydrogens (tertiary/aromatic N) is 2. The zero-order chi connectivity index (χ0) is 18.5. The molecule has 1 aliphatic carbocycles. The molecule has 0 radical (unpaired) electrons. The van der Waals surface area contributed by atoms with Crippen LogP contribution in [-0.2, 0) is 0 Å². The topological polar surface area (TPSA) is 37.4 Å². The lowest BCUT2D eigenvalue weighted by molar-refractivity contribution is 0.0631. The molecule has 1 saturated carbocycles. The zero-order valence-electron chi connectivity index (χ0n) is 15.4. The second-order valence-corrected chi connectivity index (χ2v) is 9.46. The first-order chi connectivity index (χ1) is 13.3. The van der Waals surface area contributed by atoms with Crippen molar-refractivity contribution in [3.8, 4) is 5.75 Å². The van der Waals surface area contributed by atoms with Crippen molar-refractivity contribution in [2.24, 2.45) is 0 Å². The van der Waals surface area contributed by atoms with Gasteiger partial charge in [0.1, 0.15) is 11.9 Å². The molecule has 4 nitrogen and oxygen atoms in total. The minimum absolute atomic E-state index is 0.272. The van der Waals surface area contributed by atoms with Crippen LogP contribution in [0.5, 0.6) is 5.75 Å². The number of rotatable bonds is 6. The van der Waals surface area contributed by atoms with Gasteiger partial charge in [-0.1, -0.05) is 30.9 Å². The minimum Gasteiger partial charge on any atom is -0.489 e. The number of aromatic nitrogens is 1. The van der Waals surface area contributed by atoms with Crippen LogP contribution >= 0.6 is 34.9 Å². The third kappa shape index (κ3) is 5.31. The van der Waals surface area contributed by atoms with E-state index in [0.717, 1.165) is 47.7 Å². The fourth-order valence-corrected chi connectivity index (χ4v) is 5.55. The van der Waals surface area contributed by atoms with E-state index < -0.39 is 0 Å². The third-order valence-electron chi connectivity index (χ3n) is 5.45. The lowest BCUT2D eigenvalue weighted by Crippen LogP contribution is -2.44. The Balaban J connectivity index is 1.27. The highest BCUT2D eigenvalue weighted by Crippen LogP contribution is 2.33. The lowest BCUT2D eigenvalue weighted by atomic mass is 9.92. The number of benzene rings is 1. The molecule has 0 atom stereocenters. The molecule has 27 heavy (non-hydrogen) atoms. The van der Waals surface area contributed by atoms with E-state index in [9.17, 15) is 0 Å². The van der Waals surface area contributed by atoms with Gasteiger partial charge in [0, 0.05) is 35.6 Å². The molecule has 0 amide bonds. The summed E-state index contributed by atoms with van der Waals surface area (Å²) >= 11 is 9.56. The molecule has 1 aromatic carbocycles. The summed E-state index contributed by atoms with van der Waals surface area (Å²) in [5.74, 6) is 0.798. The van der Waals surface area contributed by atoms with Crippen molar-refractivity contribution in [1.29, 1.82) is 0 Å². The van der Waals surface area contributed by atoms with Crippen LogP contribution in [0.4, 0.5) is 5.13 Å². The second kappa shape index (κ2) is 9.50. The highest BCUT2D eigenvalue weighted by Gasteiger charge is 2.27. The summed E-state index contributed by atoms with van der Waals surface area (Å²) in [6.07, 6.45) is 11.2. The average Bonchev–Trinajstić information content (AvgIpc) is 3.23. The standard InChI is InChI=1S/C20H26ClN3OS2/c21-18-14-17(27-23-20-22-10-13-26-20)6-7-19(18)25-16-8-11-24(12-9-16)15-4-2-1-3-5-15/h6-7,10,13-16H,1-5,8-9,11-12H2,(H,22,23). The highest BCUT2D eigenvalue weighted by molar-refractivity contribution is 8.00. The Morgan fingerprint density at radius 3 is 2.67 bits per heavy atom. The largest absolute Gasteiger partial charge is 0.489 e. The van der Waals surface area contributed by atoms with Gasteiger partial charge >= 0.3 is 0 Å². The zero-order valence-corrected chi connectivity index (χ0v) is 17.8. The minimum atomic E-state index is 0.272. The van der Waals surface area contributed by atoms with Gasteiger partial charge < -0.3 is 14.4 Å². The van der Waals surface area contributed by atoms with Gasteiger partial charge in [-0.05, 0) is 55.8 Å². The third-order valence-corrected chi connectivity index (χ3v) is 7.35. The summed E-state index contributed by atoms with van der Waals surface area (Å²) in [4.78, 5) is 7.95. The van der Waals surface area contributed by atoms with Crippen LogP contribution < -0.4 is 9.46 Å². The molecule has 2 fully saturated rings. The Morgan fingerprint density at radius 2 is 1.96 bits per heavy atom. The van der Waals surface area contributed by atoms with Crippen LogP contribution in [0.2, 0.25) is 5.02 Å². The monoisotopic (exact) mass is 423 g/mol. The summed E-state index contributed by atoms with van der Waals surface area (Å²) in [5.41, 5.74) is 0. The molecule has 2 aromatic rings. The van der Waals surface area contributed by atoms with E-state index in [2.05, 4.69) is 14.6 Å². The maximum absolute atomic E-state index is 6.47. The van der Waals surface area contributed by atoms with E-state index in [1.165, 1.54) is 44.1 Å². The lowest BCUT2D eigenvalue weighted by Gasteiger charge is -2.39. The first-order valence-electron chi connectivity index (χ1n) is 9.80. The van der Waals surface area contributed by atoms with Gasteiger partial charge in [-0.15, -0.1) is 11.3 Å². The van der Waals surface area contributed by atoms with Crippen molar-refractivity contribution < 1.29 is 4.74 Å². The number of ether oxygens (including phenoxy) is 1. The van der Waals surface area contributed by atoms with E-state index in [1.54, 1.807) is 17.5 Å². The number of piperidine rings is 1. The maximum atomic E-state index is 6.47. The van der Waals surface area contributed by atoms with Crippen LogP contribution in [0.1, 0.15) is 44.9 Å². The van der Waals surface area contributed by atoms with Gasteiger partial charge in [-0.2, -0.15) is 0 Å². The Hall–Kier alpha value is -0.950.